The van der Waals surface area contributed by atoms with Crippen LogP contribution in [0.5, 0.6) is 0 Å². The second-order valence-corrected chi connectivity index (χ2v) is 8.50. The summed E-state index contributed by atoms with van der Waals surface area (Å²) in [5.41, 5.74) is 3.45. The van der Waals surface area contributed by atoms with Crippen LogP contribution in [0, 0.1) is 0 Å². The van der Waals surface area contributed by atoms with Gasteiger partial charge < -0.3 is 10.4 Å². The van der Waals surface area contributed by atoms with Gasteiger partial charge in [-0.3, -0.25) is 19.7 Å². The molecule has 3 rings (SSSR count). The van der Waals surface area contributed by atoms with Gasteiger partial charge in [-0.25, -0.2) is 0 Å². The maximum absolute atomic E-state index is 12.4. The first kappa shape index (κ1) is 24.4. The van der Waals surface area contributed by atoms with Crippen LogP contribution in [0.1, 0.15) is 28.8 Å². The zero-order valence-corrected chi connectivity index (χ0v) is 19.5. The van der Waals surface area contributed by atoms with Gasteiger partial charge in [-0.2, -0.15) is 0 Å². The monoisotopic (exact) mass is 508 g/mol. The van der Waals surface area contributed by atoms with E-state index in [1.54, 1.807) is 12.1 Å². The molecule has 3 N–H and O–H groups in total. The molecule has 7 heteroatoms. The molecule has 3 aromatic rings. The summed E-state index contributed by atoms with van der Waals surface area (Å²) in [6.45, 7) is 0.465. The van der Waals surface area contributed by atoms with Gasteiger partial charge in [-0.1, -0.05) is 70.5 Å². The van der Waals surface area contributed by atoms with Crippen LogP contribution < -0.4 is 10.6 Å². The molecule has 1 atom stereocenters. The Morgan fingerprint density at radius 3 is 2.12 bits per heavy atom. The number of benzene rings is 3. The highest BCUT2D eigenvalue weighted by Gasteiger charge is 2.19. The van der Waals surface area contributed by atoms with Crippen LogP contribution in [0.15, 0.2) is 83.3 Å². The van der Waals surface area contributed by atoms with Crippen molar-refractivity contribution in [3.05, 3.63) is 94.5 Å². The summed E-state index contributed by atoms with van der Waals surface area (Å²) in [7, 11) is 0. The molecule has 0 fully saturated rings. The molecule has 0 aliphatic carbocycles. The van der Waals surface area contributed by atoms with Crippen LogP contribution in [0.3, 0.4) is 0 Å². The number of hydrogen-bond donors (Lipinski definition) is 3. The first-order valence-corrected chi connectivity index (χ1v) is 11.4. The predicted octanol–water partition coefficient (Wildman–Crippen LogP) is 4.44. The number of hydrogen-bond acceptors (Lipinski definition) is 4. The molecule has 0 heterocycles. The number of halogens is 1. The molecule has 0 spiro atoms. The van der Waals surface area contributed by atoms with Crippen molar-refractivity contribution in [1.29, 1.82) is 0 Å². The summed E-state index contributed by atoms with van der Waals surface area (Å²) >= 11 is 3.38. The van der Waals surface area contributed by atoms with Gasteiger partial charge in [-0.15, -0.1) is 0 Å². The summed E-state index contributed by atoms with van der Waals surface area (Å²) in [6, 6.07) is 23.7. The Kier molecular flexibility index (Phi) is 8.92. The van der Waals surface area contributed by atoms with Crippen molar-refractivity contribution in [3.8, 4) is 11.1 Å². The van der Waals surface area contributed by atoms with Gasteiger partial charge in [0.1, 0.15) is 6.04 Å². The molecular formula is C26H25BrN2O4. The Morgan fingerprint density at radius 1 is 0.848 bits per heavy atom. The Hall–Kier alpha value is -3.29. The highest BCUT2D eigenvalue weighted by molar-refractivity contribution is 9.10. The largest absolute Gasteiger partial charge is 0.480 e. The highest BCUT2D eigenvalue weighted by Crippen LogP contribution is 2.19. The lowest BCUT2D eigenvalue weighted by Crippen LogP contribution is -2.39. The average Bonchev–Trinajstić information content (AvgIpc) is 2.83. The molecule has 0 bridgehead atoms. The number of aliphatic carboxylic acids is 1. The molecule has 0 saturated carbocycles. The van der Waals surface area contributed by atoms with Crippen LogP contribution in [-0.4, -0.2) is 35.5 Å². The van der Waals surface area contributed by atoms with Gasteiger partial charge in [0.15, 0.2) is 0 Å². The van der Waals surface area contributed by atoms with Gasteiger partial charge in [0.25, 0.3) is 5.91 Å². The average molecular weight is 509 g/mol. The lowest BCUT2D eigenvalue weighted by molar-refractivity contribution is -0.139. The van der Waals surface area contributed by atoms with E-state index in [0.29, 0.717) is 18.5 Å². The van der Waals surface area contributed by atoms with E-state index < -0.39 is 23.8 Å². The van der Waals surface area contributed by atoms with E-state index in [4.69, 9.17) is 0 Å². The van der Waals surface area contributed by atoms with Crippen molar-refractivity contribution in [1.82, 2.24) is 10.6 Å². The molecule has 3 aromatic carbocycles. The Balaban J connectivity index is 1.45. The Morgan fingerprint density at radius 2 is 1.48 bits per heavy atom. The fourth-order valence-electron chi connectivity index (χ4n) is 3.34. The molecular weight excluding hydrogens is 484 g/mol. The third-order valence-electron chi connectivity index (χ3n) is 5.18. The van der Waals surface area contributed by atoms with E-state index in [1.165, 1.54) is 0 Å². The van der Waals surface area contributed by atoms with E-state index in [-0.39, 0.29) is 12.8 Å². The third kappa shape index (κ3) is 7.66. The number of carbonyl (C=O) groups excluding carboxylic acids is 2. The predicted molar refractivity (Wildman–Crippen MR) is 131 cm³/mol. The quantitative estimate of drug-likeness (QED) is 0.376. The number of carboxylic acids is 1. The molecule has 0 aliphatic rings. The van der Waals surface area contributed by atoms with E-state index in [2.05, 4.69) is 26.6 Å². The number of carboxylic acid groups (broad SMARTS) is 1. The van der Waals surface area contributed by atoms with Crippen LogP contribution in [0.4, 0.5) is 0 Å². The van der Waals surface area contributed by atoms with Crippen LogP contribution in [0.2, 0.25) is 0 Å². The van der Waals surface area contributed by atoms with Gasteiger partial charge in [0, 0.05) is 16.5 Å². The lowest BCUT2D eigenvalue weighted by atomic mass is 10.0. The molecule has 2 amide bonds. The minimum absolute atomic E-state index is 0.0733. The molecule has 0 aliphatic heterocycles. The smallest absolute Gasteiger partial charge is 0.320 e. The van der Waals surface area contributed by atoms with Crippen LogP contribution >= 0.6 is 15.9 Å². The number of imide groups is 1. The normalized spacial score (nSPS) is 11.5. The molecule has 0 unspecified atom stereocenters. The van der Waals surface area contributed by atoms with Crippen molar-refractivity contribution < 1.29 is 19.5 Å². The standard InChI is InChI=1S/C26H25BrN2O4/c27-22-12-6-18(7-13-22)16-17-28-23(26(32)33)14-15-24(30)29-25(31)21-10-8-20(9-11-21)19-4-2-1-3-5-19/h1-13,23,28H,14-17H2,(H,32,33)(H,29,30,31)/t23-/m0/s1. The van der Waals surface area contributed by atoms with Gasteiger partial charge in [0.2, 0.25) is 5.91 Å². The fourth-order valence-corrected chi connectivity index (χ4v) is 3.60. The summed E-state index contributed by atoms with van der Waals surface area (Å²) in [4.78, 5) is 36.1. The van der Waals surface area contributed by atoms with Crippen molar-refractivity contribution in [2.45, 2.75) is 25.3 Å². The fraction of sp³-hybridized carbons (Fsp3) is 0.192. The van der Waals surface area contributed by atoms with Gasteiger partial charge >= 0.3 is 5.97 Å². The number of rotatable bonds is 10. The Labute approximate surface area is 201 Å². The topological polar surface area (TPSA) is 95.5 Å². The number of nitrogens with one attached hydrogen (secondary N) is 2. The zero-order chi connectivity index (χ0) is 23.6. The van der Waals surface area contributed by atoms with Crippen LogP contribution in [0.25, 0.3) is 11.1 Å². The molecule has 6 nitrogen and oxygen atoms in total. The first-order valence-electron chi connectivity index (χ1n) is 10.6. The third-order valence-corrected chi connectivity index (χ3v) is 5.71. The second-order valence-electron chi connectivity index (χ2n) is 7.58. The van der Waals surface area contributed by atoms with Crippen molar-refractivity contribution in [2.75, 3.05) is 6.54 Å². The highest BCUT2D eigenvalue weighted by atomic mass is 79.9. The van der Waals surface area contributed by atoms with Crippen LogP contribution in [-0.2, 0) is 16.0 Å². The summed E-state index contributed by atoms with van der Waals surface area (Å²) in [5, 5.41) is 14.7. The van der Waals surface area contributed by atoms with E-state index in [0.717, 1.165) is 21.2 Å². The van der Waals surface area contributed by atoms with Crippen molar-refractivity contribution in [3.63, 3.8) is 0 Å². The molecule has 0 aromatic heterocycles. The van der Waals surface area contributed by atoms with E-state index >= 15 is 0 Å². The lowest BCUT2D eigenvalue weighted by Gasteiger charge is -2.14. The number of carbonyl (C=O) groups is 3. The number of amides is 2. The Bertz CT molecular complexity index is 1080. The van der Waals surface area contributed by atoms with E-state index in [9.17, 15) is 19.5 Å². The molecule has 0 saturated heterocycles. The summed E-state index contributed by atoms with van der Waals surface area (Å²) in [5.74, 6) is -2.04. The van der Waals surface area contributed by atoms with E-state index in [1.807, 2.05) is 66.7 Å². The second kappa shape index (κ2) is 12.1. The maximum Gasteiger partial charge on any atom is 0.320 e. The minimum Gasteiger partial charge on any atom is -0.480 e. The first-order chi connectivity index (χ1) is 15.9. The summed E-state index contributed by atoms with van der Waals surface area (Å²) in [6.07, 6.45) is 0.679. The van der Waals surface area contributed by atoms with Crippen molar-refractivity contribution >= 4 is 33.7 Å². The SMILES string of the molecule is O=C(CC[C@H](NCCc1ccc(Br)cc1)C(=O)O)NC(=O)c1ccc(-c2ccccc2)cc1. The van der Waals surface area contributed by atoms with Gasteiger partial charge in [-0.05, 0) is 60.3 Å². The molecule has 0 radical (unpaired) electrons. The molecule has 170 valence electrons. The molecule has 33 heavy (non-hydrogen) atoms. The van der Waals surface area contributed by atoms with Gasteiger partial charge in [0.05, 0.1) is 0 Å². The maximum atomic E-state index is 12.4. The zero-order valence-electron chi connectivity index (χ0n) is 18.0. The van der Waals surface area contributed by atoms with Crippen molar-refractivity contribution in [2.24, 2.45) is 0 Å². The summed E-state index contributed by atoms with van der Waals surface area (Å²) < 4.78 is 0.982. The minimum atomic E-state index is -1.03.